The van der Waals surface area contributed by atoms with Crippen LogP contribution in [-0.2, 0) is 39.3 Å². The van der Waals surface area contributed by atoms with Crippen LogP contribution in [0.15, 0.2) is 59.5 Å². The fourth-order valence-corrected chi connectivity index (χ4v) is 6.42. The number of benzene rings is 2. The van der Waals surface area contributed by atoms with Gasteiger partial charge < -0.3 is 9.64 Å². The Kier molecular flexibility index (Phi) is 10.1. The number of rotatable bonds is 11. The summed E-state index contributed by atoms with van der Waals surface area (Å²) in [5.41, 5.74) is 1.72. The average molecular weight is 541 g/mol. The molecule has 1 fully saturated rings. The molecule has 1 amide bonds. The highest BCUT2D eigenvalue weighted by Crippen LogP contribution is 2.45. The molecule has 198 valence electrons. The summed E-state index contributed by atoms with van der Waals surface area (Å²) in [5, 5.41) is 2.83. The number of hydrogen-bond acceptors (Lipinski definition) is 8. The van der Waals surface area contributed by atoms with Crippen molar-refractivity contribution < 1.29 is 35.7 Å². The molecule has 12 heteroatoms. The lowest BCUT2D eigenvalue weighted by molar-refractivity contribution is 0.0431. The molecule has 0 bridgehead atoms. The van der Waals surface area contributed by atoms with Gasteiger partial charge in [-0.25, -0.2) is 14.4 Å². The molecular formula is C24H33N2O8PS. The van der Waals surface area contributed by atoms with E-state index < -0.39 is 36.1 Å². The second-order valence-corrected chi connectivity index (χ2v) is 11.6. The van der Waals surface area contributed by atoms with E-state index in [1.165, 1.54) is 17.0 Å². The molecule has 2 atom stereocenters. The Morgan fingerprint density at radius 3 is 2.31 bits per heavy atom. The van der Waals surface area contributed by atoms with E-state index in [0.29, 0.717) is 0 Å². The minimum Gasteiger partial charge on any atom is -0.445 e. The van der Waals surface area contributed by atoms with Gasteiger partial charge in [-0.3, -0.25) is 13.2 Å². The quantitative estimate of drug-likeness (QED) is 0.329. The van der Waals surface area contributed by atoms with Gasteiger partial charge in [0.1, 0.15) is 12.7 Å². The van der Waals surface area contributed by atoms with E-state index in [1.807, 2.05) is 37.3 Å². The topological polar surface area (TPSA) is 120 Å². The summed E-state index contributed by atoms with van der Waals surface area (Å²) in [6.45, 7) is 5.65. The Bertz CT molecular complexity index is 1130. The molecule has 36 heavy (non-hydrogen) atoms. The summed E-state index contributed by atoms with van der Waals surface area (Å²) in [6.07, 6.45) is -1.43. The normalized spacial score (nSPS) is 18.7. The SMILES string of the molecule is CCOP(=O)(NC1CCN(C(=O)OCc2ccccc2)CC1OS(=O)(=O)c1ccc(C)cc1)OCC. The first-order valence-corrected chi connectivity index (χ1v) is 14.7. The number of nitrogens with zero attached hydrogens (tertiary/aromatic N) is 1. The van der Waals surface area contributed by atoms with Gasteiger partial charge in [0.15, 0.2) is 0 Å². The van der Waals surface area contributed by atoms with Crippen molar-refractivity contribution in [3.63, 3.8) is 0 Å². The molecule has 3 rings (SSSR count). The van der Waals surface area contributed by atoms with Gasteiger partial charge in [0.05, 0.1) is 24.7 Å². The predicted octanol–water partition coefficient (Wildman–Crippen LogP) is 4.25. The molecular weight excluding hydrogens is 507 g/mol. The number of carbonyl (C=O) groups excluding carboxylic acids is 1. The largest absolute Gasteiger partial charge is 0.445 e. The minimum absolute atomic E-state index is 0.0200. The second-order valence-electron chi connectivity index (χ2n) is 8.25. The maximum absolute atomic E-state index is 13.1. The molecule has 0 spiro atoms. The first kappa shape index (κ1) is 28.3. The Labute approximate surface area is 212 Å². The molecule has 0 aromatic heterocycles. The van der Waals surface area contributed by atoms with Crippen LogP contribution in [0, 0.1) is 6.92 Å². The monoisotopic (exact) mass is 540 g/mol. The zero-order valence-corrected chi connectivity index (χ0v) is 22.4. The summed E-state index contributed by atoms with van der Waals surface area (Å²) < 4.78 is 60.9. The van der Waals surface area contributed by atoms with Gasteiger partial charge in [-0.2, -0.15) is 8.42 Å². The molecule has 2 aromatic carbocycles. The molecule has 2 aromatic rings. The smallest absolute Gasteiger partial charge is 0.410 e. The van der Waals surface area contributed by atoms with E-state index in [9.17, 15) is 17.8 Å². The third kappa shape index (κ3) is 7.86. The van der Waals surface area contributed by atoms with Crippen LogP contribution in [0.25, 0.3) is 0 Å². The summed E-state index contributed by atoms with van der Waals surface area (Å²) >= 11 is 0. The fraction of sp³-hybridized carbons (Fsp3) is 0.458. The lowest BCUT2D eigenvalue weighted by atomic mass is 10.0. The maximum atomic E-state index is 13.1. The third-order valence-electron chi connectivity index (χ3n) is 5.50. The molecule has 2 unspecified atom stereocenters. The number of aryl methyl sites for hydroxylation is 1. The molecule has 1 saturated heterocycles. The van der Waals surface area contributed by atoms with E-state index >= 15 is 0 Å². The molecule has 1 heterocycles. The van der Waals surface area contributed by atoms with Crippen molar-refractivity contribution in [2.24, 2.45) is 0 Å². The molecule has 1 N–H and O–H groups in total. The van der Waals surface area contributed by atoms with E-state index in [-0.39, 0.29) is 44.2 Å². The number of nitrogens with one attached hydrogen (secondary N) is 1. The number of ether oxygens (including phenoxy) is 1. The number of likely N-dealkylation sites (tertiary alicyclic amines) is 1. The van der Waals surface area contributed by atoms with Crippen LogP contribution in [0.3, 0.4) is 0 Å². The van der Waals surface area contributed by atoms with Crippen LogP contribution >= 0.6 is 7.75 Å². The number of hydrogen-bond donors (Lipinski definition) is 1. The van der Waals surface area contributed by atoms with Gasteiger partial charge in [-0.05, 0) is 44.9 Å². The zero-order valence-electron chi connectivity index (χ0n) is 20.7. The molecule has 1 aliphatic rings. The minimum atomic E-state index is -4.18. The highest BCUT2D eigenvalue weighted by molar-refractivity contribution is 7.86. The maximum Gasteiger partial charge on any atom is 0.410 e. The molecule has 10 nitrogen and oxygen atoms in total. The Morgan fingerprint density at radius 1 is 1.06 bits per heavy atom. The highest BCUT2D eigenvalue weighted by Gasteiger charge is 2.40. The number of carbonyl (C=O) groups is 1. The standard InChI is InChI=1S/C24H33N2O8PS/c1-4-32-35(28,33-5-2)25-22-15-16-26(24(27)31-18-20-9-7-6-8-10-20)17-23(22)34-36(29,30)21-13-11-19(3)12-14-21/h6-14,22-23H,4-5,15-18H2,1-3H3,(H,25,28). The molecule has 0 aliphatic carbocycles. The van der Waals surface area contributed by atoms with Crippen LogP contribution < -0.4 is 5.09 Å². The molecule has 0 saturated carbocycles. The van der Waals surface area contributed by atoms with Crippen molar-refractivity contribution >= 4 is 24.0 Å². The highest BCUT2D eigenvalue weighted by atomic mass is 32.2. The second kappa shape index (κ2) is 12.8. The first-order valence-electron chi connectivity index (χ1n) is 11.8. The summed E-state index contributed by atoms with van der Waals surface area (Å²) in [7, 11) is -7.91. The van der Waals surface area contributed by atoms with Crippen LogP contribution in [0.2, 0.25) is 0 Å². The Balaban J connectivity index is 1.78. The Hall–Kier alpha value is -2.27. The third-order valence-corrected chi connectivity index (χ3v) is 8.70. The van der Waals surface area contributed by atoms with Gasteiger partial charge in [-0.1, -0.05) is 48.0 Å². The van der Waals surface area contributed by atoms with E-state index in [2.05, 4.69) is 5.09 Å². The summed E-state index contributed by atoms with van der Waals surface area (Å²) in [5.74, 6) is 0. The molecule has 1 aliphatic heterocycles. The average Bonchev–Trinajstić information content (AvgIpc) is 2.84. The van der Waals surface area contributed by atoms with Gasteiger partial charge in [0.2, 0.25) is 0 Å². The van der Waals surface area contributed by atoms with Crippen molar-refractivity contribution in [3.8, 4) is 0 Å². The lowest BCUT2D eigenvalue weighted by Crippen LogP contribution is -2.55. The zero-order chi connectivity index (χ0) is 26.2. The lowest BCUT2D eigenvalue weighted by Gasteiger charge is -2.38. The van der Waals surface area contributed by atoms with Gasteiger partial charge in [-0.15, -0.1) is 0 Å². The van der Waals surface area contributed by atoms with Crippen molar-refractivity contribution in [1.82, 2.24) is 9.99 Å². The van der Waals surface area contributed by atoms with Crippen molar-refractivity contribution in [2.45, 2.75) is 50.8 Å². The summed E-state index contributed by atoms with van der Waals surface area (Å²) in [4.78, 5) is 14.1. The van der Waals surface area contributed by atoms with E-state index in [1.54, 1.807) is 26.0 Å². The van der Waals surface area contributed by atoms with E-state index in [4.69, 9.17) is 18.0 Å². The van der Waals surface area contributed by atoms with E-state index in [0.717, 1.165) is 11.1 Å². The van der Waals surface area contributed by atoms with Crippen molar-refractivity contribution in [1.29, 1.82) is 0 Å². The van der Waals surface area contributed by atoms with Crippen LogP contribution in [0.5, 0.6) is 0 Å². The number of piperidine rings is 1. The van der Waals surface area contributed by atoms with Crippen LogP contribution in [0.1, 0.15) is 31.4 Å². The Morgan fingerprint density at radius 2 is 1.69 bits per heavy atom. The first-order chi connectivity index (χ1) is 17.2. The van der Waals surface area contributed by atoms with Crippen LogP contribution in [0.4, 0.5) is 4.79 Å². The van der Waals surface area contributed by atoms with Gasteiger partial charge in [0, 0.05) is 12.6 Å². The fourth-order valence-electron chi connectivity index (χ4n) is 3.72. The van der Waals surface area contributed by atoms with Gasteiger partial charge >= 0.3 is 13.8 Å². The summed E-state index contributed by atoms with van der Waals surface area (Å²) in [6, 6.07) is 14.7. The van der Waals surface area contributed by atoms with Crippen LogP contribution in [-0.4, -0.2) is 57.9 Å². The number of amides is 1. The molecule has 0 radical (unpaired) electrons. The predicted molar refractivity (Wildman–Crippen MR) is 134 cm³/mol. The van der Waals surface area contributed by atoms with Crippen molar-refractivity contribution in [3.05, 3.63) is 65.7 Å². The van der Waals surface area contributed by atoms with Gasteiger partial charge in [0.25, 0.3) is 10.1 Å². The van der Waals surface area contributed by atoms with Crippen molar-refractivity contribution in [2.75, 3.05) is 26.3 Å².